The van der Waals surface area contributed by atoms with E-state index in [1.165, 1.54) is 4.90 Å². The Hall–Kier alpha value is -4.06. The lowest BCUT2D eigenvalue weighted by atomic mass is 9.92. The van der Waals surface area contributed by atoms with Gasteiger partial charge in [-0.25, -0.2) is 0 Å². The number of anilines is 1. The van der Waals surface area contributed by atoms with Gasteiger partial charge in [-0.15, -0.1) is 0 Å². The second-order valence-electron chi connectivity index (χ2n) is 8.96. The summed E-state index contributed by atoms with van der Waals surface area (Å²) < 4.78 is 11.1. The quantitative estimate of drug-likeness (QED) is 0.273. The lowest BCUT2D eigenvalue weighted by molar-refractivity contribution is -0.132. The number of aliphatic hydroxyl groups is 1. The summed E-state index contributed by atoms with van der Waals surface area (Å²) in [7, 11) is 1.54. The molecule has 0 bridgehead atoms. The molecule has 4 rings (SSSR count). The highest BCUT2D eigenvalue weighted by molar-refractivity contribution is 6.51. The van der Waals surface area contributed by atoms with E-state index < -0.39 is 17.7 Å². The van der Waals surface area contributed by atoms with Gasteiger partial charge < -0.3 is 14.6 Å². The van der Waals surface area contributed by atoms with Crippen molar-refractivity contribution in [3.63, 3.8) is 0 Å². The van der Waals surface area contributed by atoms with E-state index >= 15 is 0 Å². The molecule has 1 heterocycles. The maximum Gasteiger partial charge on any atom is 0.300 e. The van der Waals surface area contributed by atoms with Crippen LogP contribution in [0, 0.1) is 12.8 Å². The fraction of sp³-hybridized carbons (Fsp3) is 0.241. The van der Waals surface area contributed by atoms with Crippen LogP contribution < -0.4 is 14.4 Å². The first-order chi connectivity index (χ1) is 16.8. The van der Waals surface area contributed by atoms with Gasteiger partial charge in [-0.2, -0.15) is 0 Å². The first kappa shape index (κ1) is 24.1. The number of hydrogen-bond donors (Lipinski definition) is 1. The average molecular weight is 472 g/mol. The molecule has 1 fully saturated rings. The molecular weight excluding hydrogens is 442 g/mol. The molecule has 35 heavy (non-hydrogen) atoms. The Kier molecular flexibility index (Phi) is 6.92. The Morgan fingerprint density at radius 1 is 0.971 bits per heavy atom. The third-order valence-corrected chi connectivity index (χ3v) is 5.97. The van der Waals surface area contributed by atoms with Crippen molar-refractivity contribution in [2.75, 3.05) is 18.6 Å². The van der Waals surface area contributed by atoms with Gasteiger partial charge in [-0.3, -0.25) is 14.5 Å². The lowest BCUT2D eigenvalue weighted by Gasteiger charge is -2.27. The van der Waals surface area contributed by atoms with Crippen molar-refractivity contribution in [3.05, 3.63) is 95.1 Å². The van der Waals surface area contributed by atoms with Gasteiger partial charge >= 0.3 is 0 Å². The zero-order valence-electron chi connectivity index (χ0n) is 20.3. The molecule has 180 valence electrons. The Labute approximate surface area is 205 Å². The Morgan fingerprint density at radius 3 is 2.34 bits per heavy atom. The van der Waals surface area contributed by atoms with E-state index in [9.17, 15) is 14.7 Å². The van der Waals surface area contributed by atoms with E-state index in [2.05, 4.69) is 13.8 Å². The number of hydrogen-bond acceptors (Lipinski definition) is 5. The molecule has 1 aliphatic rings. The van der Waals surface area contributed by atoms with Crippen LogP contribution in [0.5, 0.6) is 11.5 Å². The number of rotatable bonds is 7. The van der Waals surface area contributed by atoms with Crippen LogP contribution in [0.2, 0.25) is 0 Å². The third kappa shape index (κ3) is 4.78. The van der Waals surface area contributed by atoms with Crippen molar-refractivity contribution in [1.29, 1.82) is 0 Å². The van der Waals surface area contributed by atoms with E-state index in [0.29, 0.717) is 35.3 Å². The van der Waals surface area contributed by atoms with Crippen LogP contribution in [0.1, 0.15) is 36.6 Å². The molecular formula is C29H29NO5. The largest absolute Gasteiger partial charge is 0.507 e. The number of aliphatic hydroxyl groups excluding tert-OH is 1. The molecule has 1 aliphatic heterocycles. The molecule has 3 aromatic rings. The normalized spacial score (nSPS) is 17.2. The number of nitrogens with zero attached hydrogens (tertiary/aromatic N) is 1. The highest BCUT2D eigenvalue weighted by Crippen LogP contribution is 2.43. The fourth-order valence-electron chi connectivity index (χ4n) is 4.17. The molecule has 1 amide bonds. The maximum atomic E-state index is 13.3. The van der Waals surface area contributed by atoms with E-state index in [0.717, 1.165) is 11.1 Å². The van der Waals surface area contributed by atoms with Crippen LogP contribution in [0.25, 0.3) is 5.76 Å². The summed E-state index contributed by atoms with van der Waals surface area (Å²) in [6, 6.07) is 20.6. The molecule has 1 atom stereocenters. The molecule has 0 spiro atoms. The SMILES string of the molecule is COc1cccc(N2C(=O)C(=O)/C(=C(/O)c3ccc(OCC(C)C)cc3)C2c2ccccc2C)c1. The molecule has 6 heteroatoms. The van der Waals surface area contributed by atoms with E-state index in [-0.39, 0.29) is 11.3 Å². The van der Waals surface area contributed by atoms with Gasteiger partial charge in [0.25, 0.3) is 11.7 Å². The molecule has 0 saturated carbocycles. The summed E-state index contributed by atoms with van der Waals surface area (Å²) in [6.45, 7) is 6.62. The standard InChI is InChI=1S/C29H29NO5/c1-18(2)17-35-22-14-12-20(13-15-22)27(31)25-26(24-11-6-5-8-19(24)3)30(29(33)28(25)32)21-9-7-10-23(16-21)34-4/h5-16,18,26,31H,17H2,1-4H3/b27-25+. The summed E-state index contributed by atoms with van der Waals surface area (Å²) in [6.07, 6.45) is 0. The Balaban J connectivity index is 1.84. The number of methoxy groups -OCH3 is 1. The Bertz CT molecular complexity index is 1280. The highest BCUT2D eigenvalue weighted by atomic mass is 16.5. The van der Waals surface area contributed by atoms with Gasteiger partial charge in [-0.1, -0.05) is 44.2 Å². The van der Waals surface area contributed by atoms with Crippen molar-refractivity contribution in [2.24, 2.45) is 5.92 Å². The number of ketones is 1. The maximum absolute atomic E-state index is 13.3. The van der Waals surface area contributed by atoms with Crippen molar-refractivity contribution in [1.82, 2.24) is 0 Å². The molecule has 0 aromatic heterocycles. The van der Waals surface area contributed by atoms with Crippen LogP contribution in [-0.2, 0) is 9.59 Å². The van der Waals surface area contributed by atoms with Crippen molar-refractivity contribution < 1.29 is 24.2 Å². The number of benzene rings is 3. The first-order valence-electron chi connectivity index (χ1n) is 11.6. The molecule has 1 unspecified atom stereocenters. The summed E-state index contributed by atoms with van der Waals surface area (Å²) in [5.74, 6) is -0.0571. The number of Topliss-reactive ketones (excluding diaryl/α,β-unsaturated/α-hetero) is 1. The monoisotopic (exact) mass is 471 g/mol. The molecule has 0 aliphatic carbocycles. The van der Waals surface area contributed by atoms with Crippen LogP contribution in [0.3, 0.4) is 0 Å². The van der Waals surface area contributed by atoms with Crippen LogP contribution in [-0.4, -0.2) is 30.5 Å². The first-order valence-corrected chi connectivity index (χ1v) is 11.6. The number of ether oxygens (including phenoxy) is 2. The summed E-state index contributed by atoms with van der Waals surface area (Å²) in [5.41, 5.74) is 2.65. The van der Waals surface area contributed by atoms with E-state index in [1.807, 2.05) is 31.2 Å². The summed E-state index contributed by atoms with van der Waals surface area (Å²) in [5, 5.41) is 11.3. The zero-order valence-corrected chi connectivity index (χ0v) is 20.3. The van der Waals surface area contributed by atoms with Crippen molar-refractivity contribution >= 4 is 23.1 Å². The topological polar surface area (TPSA) is 76.1 Å². The van der Waals surface area contributed by atoms with E-state index in [1.54, 1.807) is 55.6 Å². The van der Waals surface area contributed by atoms with Crippen molar-refractivity contribution in [2.45, 2.75) is 26.8 Å². The zero-order chi connectivity index (χ0) is 25.1. The van der Waals surface area contributed by atoms with E-state index in [4.69, 9.17) is 9.47 Å². The van der Waals surface area contributed by atoms with Gasteiger partial charge in [0, 0.05) is 17.3 Å². The number of carbonyl (C=O) groups is 2. The lowest BCUT2D eigenvalue weighted by Crippen LogP contribution is -2.29. The minimum Gasteiger partial charge on any atom is -0.507 e. The Morgan fingerprint density at radius 2 is 1.69 bits per heavy atom. The third-order valence-electron chi connectivity index (χ3n) is 5.97. The van der Waals surface area contributed by atoms with Crippen LogP contribution in [0.15, 0.2) is 78.4 Å². The smallest absolute Gasteiger partial charge is 0.300 e. The summed E-state index contributed by atoms with van der Waals surface area (Å²) >= 11 is 0. The minimum absolute atomic E-state index is 0.0444. The number of carbonyl (C=O) groups excluding carboxylic acids is 2. The predicted octanol–water partition coefficient (Wildman–Crippen LogP) is 5.66. The molecule has 3 aromatic carbocycles. The van der Waals surface area contributed by atoms with Gasteiger partial charge in [-0.05, 0) is 60.4 Å². The second kappa shape index (κ2) is 10.1. The average Bonchev–Trinajstić information content (AvgIpc) is 3.13. The molecule has 1 N–H and O–H groups in total. The second-order valence-corrected chi connectivity index (χ2v) is 8.96. The molecule has 0 radical (unpaired) electrons. The fourth-order valence-corrected chi connectivity index (χ4v) is 4.17. The minimum atomic E-state index is -0.792. The van der Waals surface area contributed by atoms with Crippen molar-refractivity contribution in [3.8, 4) is 11.5 Å². The highest BCUT2D eigenvalue weighted by Gasteiger charge is 2.47. The summed E-state index contributed by atoms with van der Waals surface area (Å²) in [4.78, 5) is 28.1. The van der Waals surface area contributed by atoms with Gasteiger partial charge in [0.05, 0.1) is 25.3 Å². The van der Waals surface area contributed by atoms with Gasteiger partial charge in [0.1, 0.15) is 17.3 Å². The predicted molar refractivity (Wildman–Crippen MR) is 136 cm³/mol. The van der Waals surface area contributed by atoms with Gasteiger partial charge in [0.2, 0.25) is 0 Å². The number of aryl methyl sites for hydroxylation is 1. The molecule has 1 saturated heterocycles. The molecule has 6 nitrogen and oxygen atoms in total. The number of amides is 1. The van der Waals surface area contributed by atoms with Gasteiger partial charge in [0.15, 0.2) is 0 Å². The van der Waals surface area contributed by atoms with Crippen LogP contribution >= 0.6 is 0 Å². The van der Waals surface area contributed by atoms with Crippen LogP contribution in [0.4, 0.5) is 5.69 Å².